The Labute approximate surface area is 170 Å². The first-order chi connectivity index (χ1) is 12.3. The number of aliphatic imine (C=N–C) groups is 1. The molecule has 0 radical (unpaired) electrons. The Morgan fingerprint density at radius 3 is 2.35 bits per heavy atom. The molecule has 6 heteroatoms. The summed E-state index contributed by atoms with van der Waals surface area (Å²) in [5.41, 5.74) is 3.90. The van der Waals surface area contributed by atoms with Crippen LogP contribution >= 0.6 is 35.4 Å². The van der Waals surface area contributed by atoms with Gasteiger partial charge in [-0.2, -0.15) is 0 Å². The molecule has 0 spiro atoms. The number of amidine groups is 1. The molecule has 3 nitrogen and oxygen atoms in total. The normalized spacial score (nSPS) is 19.7. The Balaban J connectivity index is 2.02. The number of halogens is 2. The summed E-state index contributed by atoms with van der Waals surface area (Å²) in [6.45, 7) is 8.43. The highest BCUT2D eigenvalue weighted by Gasteiger charge is 2.44. The quantitative estimate of drug-likeness (QED) is 0.598. The molecule has 0 saturated heterocycles. The maximum atomic E-state index is 6.23. The van der Waals surface area contributed by atoms with Gasteiger partial charge in [0.05, 0.1) is 10.0 Å². The molecule has 0 aromatic heterocycles. The lowest BCUT2D eigenvalue weighted by Crippen LogP contribution is -2.51. The topological polar surface area (TPSA) is 27.6 Å². The third kappa shape index (κ3) is 3.22. The van der Waals surface area contributed by atoms with E-state index in [4.69, 9.17) is 35.4 Å². The van der Waals surface area contributed by atoms with Crippen LogP contribution in [0.1, 0.15) is 31.4 Å². The third-order valence-electron chi connectivity index (χ3n) is 4.98. The summed E-state index contributed by atoms with van der Waals surface area (Å²) in [5.74, 6) is 0.841. The number of para-hydroxylation sites is 1. The minimum Gasteiger partial charge on any atom is -0.341 e. The van der Waals surface area contributed by atoms with Crippen LogP contribution in [0.25, 0.3) is 0 Å². The van der Waals surface area contributed by atoms with Crippen LogP contribution in [0, 0.1) is 13.8 Å². The molecule has 0 aliphatic carbocycles. The number of rotatable bonds is 3. The van der Waals surface area contributed by atoms with E-state index in [9.17, 15) is 0 Å². The van der Waals surface area contributed by atoms with E-state index < -0.39 is 5.54 Å². The summed E-state index contributed by atoms with van der Waals surface area (Å²) in [6, 6.07) is 11.8. The van der Waals surface area contributed by atoms with E-state index in [0.717, 1.165) is 23.6 Å². The van der Waals surface area contributed by atoms with Gasteiger partial charge in [-0.05, 0) is 68.7 Å². The fraction of sp³-hybridized carbons (Fsp3) is 0.300. The average Bonchev–Trinajstić information content (AvgIpc) is 2.84. The van der Waals surface area contributed by atoms with Gasteiger partial charge in [-0.15, -0.1) is 0 Å². The number of nitrogens with zero attached hydrogens (tertiary/aromatic N) is 2. The monoisotopic (exact) mass is 405 g/mol. The SMILES string of the molecule is CCC1(C)C(Nc2c(C)cccc2C)=NC(=S)N1c1ccc(Cl)c(Cl)c1. The van der Waals surface area contributed by atoms with Crippen molar-refractivity contribution >= 4 is 57.7 Å². The number of nitrogens with one attached hydrogen (secondary N) is 1. The molecule has 3 rings (SSSR count). The smallest absolute Gasteiger partial charge is 0.202 e. The minimum absolute atomic E-state index is 0.400. The highest BCUT2D eigenvalue weighted by atomic mass is 35.5. The van der Waals surface area contributed by atoms with E-state index in [1.165, 1.54) is 11.1 Å². The van der Waals surface area contributed by atoms with Crippen LogP contribution < -0.4 is 10.2 Å². The van der Waals surface area contributed by atoms with E-state index in [0.29, 0.717) is 15.2 Å². The van der Waals surface area contributed by atoms with Gasteiger partial charge in [-0.3, -0.25) is 0 Å². The largest absolute Gasteiger partial charge is 0.341 e. The van der Waals surface area contributed by atoms with Crippen molar-refractivity contribution in [1.82, 2.24) is 0 Å². The van der Waals surface area contributed by atoms with Crippen molar-refractivity contribution < 1.29 is 0 Å². The second kappa shape index (κ2) is 7.18. The van der Waals surface area contributed by atoms with E-state index in [1.54, 1.807) is 6.07 Å². The van der Waals surface area contributed by atoms with Gasteiger partial charge in [0.15, 0.2) is 0 Å². The van der Waals surface area contributed by atoms with E-state index in [1.807, 2.05) is 17.0 Å². The first-order valence-electron chi connectivity index (χ1n) is 8.49. The Bertz CT molecular complexity index is 890. The molecule has 0 saturated carbocycles. The zero-order chi connectivity index (χ0) is 19.1. The van der Waals surface area contributed by atoms with Crippen LogP contribution in [0.15, 0.2) is 41.4 Å². The first kappa shape index (κ1) is 19.2. The number of hydrogen-bond donors (Lipinski definition) is 1. The summed E-state index contributed by atoms with van der Waals surface area (Å²) in [5, 5.41) is 5.08. The van der Waals surface area contributed by atoms with Crippen molar-refractivity contribution in [3.05, 3.63) is 57.6 Å². The van der Waals surface area contributed by atoms with Crippen molar-refractivity contribution in [2.24, 2.45) is 4.99 Å². The Morgan fingerprint density at radius 1 is 1.12 bits per heavy atom. The molecule has 0 fully saturated rings. The zero-order valence-corrected chi connectivity index (χ0v) is 17.6. The van der Waals surface area contributed by atoms with E-state index in [2.05, 4.69) is 56.2 Å². The summed E-state index contributed by atoms with van der Waals surface area (Å²) in [4.78, 5) is 6.73. The van der Waals surface area contributed by atoms with E-state index in [-0.39, 0.29) is 0 Å². The minimum atomic E-state index is -0.400. The molecule has 1 unspecified atom stereocenters. The van der Waals surface area contributed by atoms with Gasteiger partial charge < -0.3 is 10.2 Å². The van der Waals surface area contributed by atoms with Crippen molar-refractivity contribution in [2.75, 3.05) is 10.2 Å². The van der Waals surface area contributed by atoms with Gasteiger partial charge in [0, 0.05) is 11.4 Å². The van der Waals surface area contributed by atoms with Crippen LogP contribution in [-0.4, -0.2) is 16.5 Å². The molecule has 136 valence electrons. The summed E-state index contributed by atoms with van der Waals surface area (Å²) in [7, 11) is 0. The summed E-state index contributed by atoms with van der Waals surface area (Å²) in [6.07, 6.45) is 0.824. The lowest BCUT2D eigenvalue weighted by Gasteiger charge is -2.36. The summed E-state index contributed by atoms with van der Waals surface area (Å²) >= 11 is 17.9. The van der Waals surface area contributed by atoms with Gasteiger partial charge >= 0.3 is 0 Å². The maximum absolute atomic E-state index is 6.23. The lowest BCUT2D eigenvalue weighted by atomic mass is 9.94. The highest BCUT2D eigenvalue weighted by Crippen LogP contribution is 2.37. The molecular formula is C20H21Cl2N3S. The third-order valence-corrected chi connectivity index (χ3v) is 5.99. The molecule has 2 aromatic carbocycles. The molecule has 1 N–H and O–H groups in total. The van der Waals surface area contributed by atoms with Gasteiger partial charge in [0.25, 0.3) is 0 Å². The van der Waals surface area contributed by atoms with Gasteiger partial charge in [0.1, 0.15) is 11.4 Å². The van der Waals surface area contributed by atoms with E-state index >= 15 is 0 Å². The molecule has 1 aliphatic rings. The number of benzene rings is 2. The van der Waals surface area contributed by atoms with Crippen molar-refractivity contribution in [1.29, 1.82) is 0 Å². The number of thiocarbonyl (C=S) groups is 1. The molecule has 1 atom stereocenters. The number of hydrogen-bond acceptors (Lipinski definition) is 2. The van der Waals surface area contributed by atoms with Crippen LogP contribution in [0.3, 0.4) is 0 Å². The fourth-order valence-corrected chi connectivity index (χ4v) is 3.91. The standard InChI is InChI=1S/C20H21Cl2N3S/c1-5-20(4)18(23-17-12(2)7-6-8-13(17)3)24-19(26)25(20)14-9-10-15(21)16(22)11-14/h6-11H,5H2,1-4H3,(H,23,24,26). The van der Waals surface area contributed by atoms with Crippen LogP contribution in [0.5, 0.6) is 0 Å². The predicted molar refractivity (Wildman–Crippen MR) is 117 cm³/mol. The Hall–Kier alpha value is -1.62. The van der Waals surface area contributed by atoms with Crippen LogP contribution in [0.2, 0.25) is 10.0 Å². The van der Waals surface area contributed by atoms with Gasteiger partial charge in [-0.1, -0.05) is 48.3 Å². The van der Waals surface area contributed by atoms with Gasteiger partial charge in [-0.25, -0.2) is 4.99 Å². The molecule has 2 aromatic rings. The molecule has 0 bridgehead atoms. The molecule has 1 heterocycles. The average molecular weight is 406 g/mol. The predicted octanol–water partition coefficient (Wildman–Crippen LogP) is 6.39. The maximum Gasteiger partial charge on any atom is 0.202 e. The zero-order valence-electron chi connectivity index (χ0n) is 15.2. The number of aryl methyl sites for hydroxylation is 2. The fourth-order valence-electron chi connectivity index (χ4n) is 3.22. The molecule has 26 heavy (non-hydrogen) atoms. The Kier molecular flexibility index (Phi) is 5.29. The highest BCUT2D eigenvalue weighted by molar-refractivity contribution is 7.80. The molecular weight excluding hydrogens is 385 g/mol. The second-order valence-electron chi connectivity index (χ2n) is 6.70. The number of anilines is 2. The lowest BCUT2D eigenvalue weighted by molar-refractivity contribution is 0.608. The summed E-state index contributed by atoms with van der Waals surface area (Å²) < 4.78 is 0. The first-order valence-corrected chi connectivity index (χ1v) is 9.66. The molecule has 0 amide bonds. The van der Waals surface area contributed by atoms with Crippen LogP contribution in [0.4, 0.5) is 11.4 Å². The second-order valence-corrected chi connectivity index (χ2v) is 7.88. The van der Waals surface area contributed by atoms with Gasteiger partial charge in [0.2, 0.25) is 5.11 Å². The molecule has 1 aliphatic heterocycles. The Morgan fingerprint density at radius 2 is 1.77 bits per heavy atom. The van der Waals surface area contributed by atoms with Crippen molar-refractivity contribution in [3.63, 3.8) is 0 Å². The van der Waals surface area contributed by atoms with Crippen LogP contribution in [-0.2, 0) is 0 Å². The van der Waals surface area contributed by atoms with Crippen molar-refractivity contribution in [3.8, 4) is 0 Å². The van der Waals surface area contributed by atoms with Crippen molar-refractivity contribution in [2.45, 2.75) is 39.7 Å².